The Hall–Kier alpha value is 0.423. The summed E-state index contributed by atoms with van der Waals surface area (Å²) in [5, 5.41) is 0. The molecule has 0 saturated carbocycles. The summed E-state index contributed by atoms with van der Waals surface area (Å²) in [6.07, 6.45) is 10.3. The maximum Gasteiger partial charge on any atom is 4.00 e. The number of halogens is 2. The summed E-state index contributed by atoms with van der Waals surface area (Å²) in [6, 6.07) is 0. The van der Waals surface area contributed by atoms with Gasteiger partial charge in [0.15, 0.2) is 0 Å². The van der Waals surface area contributed by atoms with Gasteiger partial charge in [-0.15, -0.1) is 0 Å². The summed E-state index contributed by atoms with van der Waals surface area (Å²) in [5.41, 5.74) is 0. The van der Waals surface area contributed by atoms with E-state index in [-0.39, 0.29) is 51.0 Å². The van der Waals surface area contributed by atoms with Crippen LogP contribution in [0.25, 0.3) is 0 Å². The van der Waals surface area contributed by atoms with E-state index in [4.69, 9.17) is 13.2 Å². The third kappa shape index (κ3) is 69.0. The average molecular weight is 296 g/mol. The van der Waals surface area contributed by atoms with Gasteiger partial charge < -0.3 is 24.8 Å². The molecule has 0 rings (SSSR count). The largest absolute Gasteiger partial charge is 4.00 e. The van der Waals surface area contributed by atoms with E-state index in [2.05, 4.69) is 0 Å². The number of allylic oxidation sites excluding steroid dienone is 6. The van der Waals surface area contributed by atoms with E-state index < -0.39 is 0 Å². The Labute approximate surface area is 114 Å². The van der Waals surface area contributed by atoms with E-state index in [9.17, 15) is 0 Å². The van der Waals surface area contributed by atoms with Crippen molar-refractivity contribution >= 4 is 0 Å². The van der Waals surface area contributed by atoms with Gasteiger partial charge in [-0.05, 0) is 0 Å². The van der Waals surface area contributed by atoms with Crippen molar-refractivity contribution in [2.24, 2.45) is 0 Å². The van der Waals surface area contributed by atoms with Gasteiger partial charge in [0, 0.05) is 0 Å². The number of rotatable bonds is 2. The molecule has 0 heterocycles. The molecule has 0 radical (unpaired) electrons. The van der Waals surface area contributed by atoms with Crippen molar-refractivity contribution in [1.29, 1.82) is 0 Å². The maximum atomic E-state index is 4.93. The minimum Gasteiger partial charge on any atom is -1.00 e. The van der Waals surface area contributed by atoms with Gasteiger partial charge in [-0.3, -0.25) is 13.2 Å². The van der Waals surface area contributed by atoms with Crippen LogP contribution in [0, 0.1) is 13.2 Å². The van der Waals surface area contributed by atoms with Crippen molar-refractivity contribution in [1.82, 2.24) is 0 Å². The second-order valence-electron chi connectivity index (χ2n) is 1.44. The van der Waals surface area contributed by atoms with Gasteiger partial charge in [0.2, 0.25) is 0 Å². The molecule has 72 valence electrons. The van der Waals surface area contributed by atoms with E-state index >= 15 is 0 Å². The van der Waals surface area contributed by atoms with Crippen LogP contribution in [0.3, 0.4) is 0 Å². The summed E-state index contributed by atoms with van der Waals surface area (Å²) >= 11 is 0. The average Bonchev–Trinajstić information content (AvgIpc) is 1.93. The quantitative estimate of drug-likeness (QED) is 0.379. The second kappa shape index (κ2) is 39.3. The van der Waals surface area contributed by atoms with Crippen molar-refractivity contribution in [3.05, 3.63) is 49.6 Å². The zero-order valence-electron chi connectivity index (χ0n) is 7.87. The van der Waals surface area contributed by atoms with E-state index in [0.717, 1.165) is 0 Å². The molecule has 0 N–H and O–H groups in total. The fourth-order valence-electron chi connectivity index (χ4n) is 0.222. The first kappa shape index (κ1) is 29.2. The van der Waals surface area contributed by atoms with Crippen LogP contribution in [-0.2, 0) is 26.2 Å². The summed E-state index contributed by atoms with van der Waals surface area (Å²) in [7, 11) is 0. The van der Waals surface area contributed by atoms with Gasteiger partial charge in [0.1, 0.15) is 0 Å². The predicted octanol–water partition coefficient (Wildman–Crippen LogP) is -2.89. The van der Waals surface area contributed by atoms with Crippen molar-refractivity contribution in [2.75, 3.05) is 0 Å². The molecule has 0 fully saturated rings. The first-order chi connectivity index (χ1) is 4.83. The van der Waals surface area contributed by atoms with Gasteiger partial charge in [-0.25, -0.2) is 24.3 Å². The second-order valence-corrected chi connectivity index (χ2v) is 1.44. The number of hydrogen-bond acceptors (Lipinski definition) is 0. The summed E-state index contributed by atoms with van der Waals surface area (Å²) < 4.78 is 0. The van der Waals surface area contributed by atoms with Crippen LogP contribution in [0.15, 0.2) is 36.5 Å². The minimum atomic E-state index is 0. The summed E-state index contributed by atoms with van der Waals surface area (Å²) in [6.45, 7) is 13.7. The Kier molecular flexibility index (Phi) is 88.3. The standard InChI is InChI=1S/2C5H7.2ClH.Zr/c2*1-3-5-4-2;;;/h2*1,3-5H,2H3;2*1H;/q2*-1;;;+4/p-2. The molecule has 13 heavy (non-hydrogen) atoms. The van der Waals surface area contributed by atoms with Crippen LogP contribution < -0.4 is 24.8 Å². The first-order valence-corrected chi connectivity index (χ1v) is 3.15. The normalized spacial score (nSPS) is 6.92. The molecular formula is C10H14Cl2Zr. The van der Waals surface area contributed by atoms with Gasteiger partial charge >= 0.3 is 26.2 Å². The molecule has 0 aliphatic heterocycles. The van der Waals surface area contributed by atoms with E-state index in [1.54, 1.807) is 12.2 Å². The maximum absolute atomic E-state index is 4.93. The van der Waals surface area contributed by atoms with Crippen LogP contribution >= 0.6 is 0 Å². The van der Waals surface area contributed by atoms with E-state index in [1.165, 1.54) is 12.2 Å². The molecule has 0 aliphatic rings. The fourth-order valence-corrected chi connectivity index (χ4v) is 0.222. The van der Waals surface area contributed by atoms with Crippen LogP contribution in [-0.4, -0.2) is 0 Å². The van der Waals surface area contributed by atoms with Crippen molar-refractivity contribution < 1.29 is 51.0 Å². The third-order valence-electron chi connectivity index (χ3n) is 0.607. The molecule has 0 spiro atoms. The monoisotopic (exact) mass is 294 g/mol. The SMILES string of the molecule is [CH-]=CC=CC.[CH-]=CC=CC.[Cl-].[Cl-].[Zr+4]. The molecule has 0 aromatic rings. The molecule has 0 saturated heterocycles. The van der Waals surface area contributed by atoms with E-state index in [0.29, 0.717) is 0 Å². The molecule has 0 aromatic carbocycles. The van der Waals surface area contributed by atoms with Crippen molar-refractivity contribution in [3.63, 3.8) is 0 Å². The summed E-state index contributed by atoms with van der Waals surface area (Å²) in [5.74, 6) is 0. The molecular weight excluding hydrogens is 282 g/mol. The Morgan fingerprint density at radius 2 is 1.00 bits per heavy atom. The van der Waals surface area contributed by atoms with Crippen molar-refractivity contribution in [3.8, 4) is 0 Å². The number of hydrogen-bond donors (Lipinski definition) is 0. The van der Waals surface area contributed by atoms with Gasteiger partial charge in [-0.2, -0.15) is 12.2 Å². The Morgan fingerprint density at radius 1 is 0.769 bits per heavy atom. The van der Waals surface area contributed by atoms with Crippen LogP contribution in [0.5, 0.6) is 0 Å². The topological polar surface area (TPSA) is 0 Å². The molecule has 0 aromatic heterocycles. The molecule has 0 nitrogen and oxygen atoms in total. The Balaban J connectivity index is -0.0000000267. The van der Waals surface area contributed by atoms with Gasteiger partial charge in [-0.1, -0.05) is 13.8 Å². The van der Waals surface area contributed by atoms with Crippen molar-refractivity contribution in [2.45, 2.75) is 13.8 Å². The Morgan fingerprint density at radius 3 is 1.00 bits per heavy atom. The van der Waals surface area contributed by atoms with Gasteiger partial charge in [0.25, 0.3) is 0 Å². The predicted molar refractivity (Wildman–Crippen MR) is 47.4 cm³/mol. The molecule has 0 atom stereocenters. The molecule has 3 heteroatoms. The Bertz CT molecular complexity index is 113. The zero-order valence-corrected chi connectivity index (χ0v) is 11.8. The van der Waals surface area contributed by atoms with E-state index in [1.807, 2.05) is 26.0 Å². The van der Waals surface area contributed by atoms with Crippen LogP contribution in [0.4, 0.5) is 0 Å². The minimum absolute atomic E-state index is 0. The smallest absolute Gasteiger partial charge is 1.00 e. The van der Waals surface area contributed by atoms with Gasteiger partial charge in [0.05, 0.1) is 0 Å². The van der Waals surface area contributed by atoms with Crippen LogP contribution in [0.2, 0.25) is 0 Å². The van der Waals surface area contributed by atoms with Crippen LogP contribution in [0.1, 0.15) is 13.8 Å². The first-order valence-electron chi connectivity index (χ1n) is 3.15. The molecule has 0 unspecified atom stereocenters. The molecule has 0 amide bonds. The summed E-state index contributed by atoms with van der Waals surface area (Å²) in [4.78, 5) is 0. The molecule has 0 bridgehead atoms. The third-order valence-corrected chi connectivity index (χ3v) is 0.607. The molecule has 0 aliphatic carbocycles. The fraction of sp³-hybridized carbons (Fsp3) is 0.200. The zero-order chi connectivity index (χ0) is 8.24.